The number of likely N-dealkylation sites (N-methyl/N-ethyl adjacent to an activating group) is 2. The molecule has 0 spiro atoms. The molecule has 1 saturated heterocycles. The molecule has 1 atom stereocenters. The summed E-state index contributed by atoms with van der Waals surface area (Å²) >= 11 is 0. The zero-order valence-electron chi connectivity index (χ0n) is 13.0. The topological polar surface area (TPSA) is 61.6 Å². The highest BCUT2D eigenvalue weighted by Crippen LogP contribution is 2.12. The van der Waals surface area contributed by atoms with Gasteiger partial charge in [-0.1, -0.05) is 18.2 Å². The van der Waals surface area contributed by atoms with Gasteiger partial charge >= 0.3 is 0 Å². The van der Waals surface area contributed by atoms with Crippen molar-refractivity contribution in [1.29, 1.82) is 0 Å². The lowest BCUT2D eigenvalue weighted by Gasteiger charge is -2.37. The minimum absolute atomic E-state index is 0.0971. The highest BCUT2D eigenvalue weighted by molar-refractivity contribution is 5.76. The molecule has 1 heterocycles. The smallest absolute Gasteiger partial charge is 0.220 e. The molecule has 0 saturated carbocycles. The van der Waals surface area contributed by atoms with E-state index in [1.807, 2.05) is 24.3 Å². The quantitative estimate of drug-likeness (QED) is 0.778. The molecule has 21 heavy (non-hydrogen) atoms. The number of carbonyl (C=O) groups is 1. The van der Waals surface area contributed by atoms with Gasteiger partial charge in [0.05, 0.1) is 0 Å². The van der Waals surface area contributed by atoms with E-state index in [0.717, 1.165) is 30.9 Å². The van der Waals surface area contributed by atoms with Crippen LogP contribution in [0.15, 0.2) is 24.3 Å². The molecule has 5 nitrogen and oxygen atoms in total. The number of piperazine rings is 1. The van der Waals surface area contributed by atoms with Gasteiger partial charge in [0.15, 0.2) is 0 Å². The Hall–Kier alpha value is -1.59. The van der Waals surface area contributed by atoms with Crippen molar-refractivity contribution in [1.82, 2.24) is 15.1 Å². The van der Waals surface area contributed by atoms with Crippen LogP contribution in [-0.2, 0) is 11.2 Å². The third kappa shape index (κ3) is 4.72. The summed E-state index contributed by atoms with van der Waals surface area (Å²) in [4.78, 5) is 16.6. The fourth-order valence-electron chi connectivity index (χ4n) is 2.65. The molecule has 5 heteroatoms. The highest BCUT2D eigenvalue weighted by Gasteiger charge is 2.22. The number of carbonyl (C=O) groups excluding carboxylic acids is 1. The summed E-state index contributed by atoms with van der Waals surface area (Å²) in [7, 11) is 4.24. The summed E-state index contributed by atoms with van der Waals surface area (Å²) in [5, 5.41) is 3.04. The molecule has 1 aliphatic rings. The van der Waals surface area contributed by atoms with Gasteiger partial charge in [0.25, 0.3) is 0 Å². The number of nitrogens with one attached hydrogen (secondary N) is 1. The van der Waals surface area contributed by atoms with Crippen molar-refractivity contribution < 1.29 is 4.79 Å². The van der Waals surface area contributed by atoms with Gasteiger partial charge in [0, 0.05) is 44.3 Å². The van der Waals surface area contributed by atoms with Gasteiger partial charge in [-0.3, -0.25) is 9.69 Å². The van der Waals surface area contributed by atoms with Crippen molar-refractivity contribution in [3.05, 3.63) is 29.8 Å². The average molecular weight is 290 g/mol. The Bertz CT molecular complexity index is 477. The van der Waals surface area contributed by atoms with Crippen molar-refractivity contribution in [3.8, 4) is 0 Å². The van der Waals surface area contributed by atoms with E-state index in [4.69, 9.17) is 5.73 Å². The maximum Gasteiger partial charge on any atom is 0.220 e. The van der Waals surface area contributed by atoms with E-state index in [0.29, 0.717) is 25.4 Å². The van der Waals surface area contributed by atoms with Crippen LogP contribution >= 0.6 is 0 Å². The lowest BCUT2D eigenvalue weighted by atomic mass is 10.1. The molecule has 1 aromatic carbocycles. The van der Waals surface area contributed by atoms with Crippen LogP contribution in [0.1, 0.15) is 12.0 Å². The molecule has 0 aromatic heterocycles. The molecule has 1 fully saturated rings. The predicted octanol–water partition coefficient (Wildman–Crippen LogP) is 0.563. The first-order valence-corrected chi connectivity index (χ1v) is 7.55. The van der Waals surface area contributed by atoms with E-state index in [9.17, 15) is 4.79 Å². The average Bonchev–Trinajstić information content (AvgIpc) is 2.47. The van der Waals surface area contributed by atoms with E-state index in [1.165, 1.54) is 0 Å². The Morgan fingerprint density at radius 1 is 1.33 bits per heavy atom. The van der Waals surface area contributed by atoms with Crippen LogP contribution < -0.4 is 11.1 Å². The summed E-state index contributed by atoms with van der Waals surface area (Å²) < 4.78 is 0. The van der Waals surface area contributed by atoms with Crippen molar-refractivity contribution in [3.63, 3.8) is 0 Å². The molecule has 116 valence electrons. The summed E-state index contributed by atoms with van der Waals surface area (Å²) in [5.41, 5.74) is 7.69. The zero-order valence-corrected chi connectivity index (χ0v) is 13.0. The van der Waals surface area contributed by atoms with Gasteiger partial charge in [0.1, 0.15) is 0 Å². The number of nitrogens with zero attached hydrogens (tertiary/aromatic N) is 2. The van der Waals surface area contributed by atoms with Crippen LogP contribution in [0.3, 0.4) is 0 Å². The maximum absolute atomic E-state index is 12.0. The van der Waals surface area contributed by atoms with Crippen LogP contribution in [0.5, 0.6) is 0 Å². The first-order chi connectivity index (χ1) is 10.1. The summed E-state index contributed by atoms with van der Waals surface area (Å²) in [6.45, 7) is 3.86. The molecule has 1 unspecified atom stereocenters. The zero-order chi connectivity index (χ0) is 15.2. The predicted molar refractivity (Wildman–Crippen MR) is 86.1 cm³/mol. The van der Waals surface area contributed by atoms with Gasteiger partial charge in [-0.15, -0.1) is 0 Å². The number of amides is 1. The van der Waals surface area contributed by atoms with Crippen LogP contribution in [0, 0.1) is 0 Å². The molecule has 1 aliphatic heterocycles. The first-order valence-electron chi connectivity index (χ1n) is 7.55. The molecule has 1 aromatic rings. The van der Waals surface area contributed by atoms with Crippen molar-refractivity contribution in [2.45, 2.75) is 18.9 Å². The third-order valence-electron chi connectivity index (χ3n) is 4.19. The van der Waals surface area contributed by atoms with E-state index in [2.05, 4.69) is 29.2 Å². The normalized spacial score (nSPS) is 20.4. The summed E-state index contributed by atoms with van der Waals surface area (Å²) in [6.07, 6.45) is 1.18. The van der Waals surface area contributed by atoms with E-state index in [-0.39, 0.29) is 5.91 Å². The fraction of sp³-hybridized carbons (Fsp3) is 0.562. The molecule has 1 amide bonds. The number of rotatable bonds is 5. The number of benzene rings is 1. The van der Waals surface area contributed by atoms with Gasteiger partial charge < -0.3 is 16.0 Å². The Morgan fingerprint density at radius 3 is 2.86 bits per heavy atom. The second-order valence-electron chi connectivity index (χ2n) is 5.90. The molecule has 0 radical (unpaired) electrons. The van der Waals surface area contributed by atoms with E-state index in [1.54, 1.807) is 0 Å². The van der Waals surface area contributed by atoms with Crippen LogP contribution in [0.4, 0.5) is 5.69 Å². The standard InChI is InChI=1S/C16H26N4O/c1-19-9-10-20(2)14(12-19)11-18-16(21)8-7-13-5-3-4-6-15(13)17/h3-6,14H,7-12,17H2,1-2H3,(H,18,21). The Labute approximate surface area is 127 Å². The second kappa shape index (κ2) is 7.43. The molecule has 3 N–H and O–H groups in total. The number of anilines is 1. The van der Waals surface area contributed by atoms with E-state index < -0.39 is 0 Å². The van der Waals surface area contributed by atoms with Gasteiger partial charge in [0.2, 0.25) is 5.91 Å². The Balaban J connectivity index is 1.73. The SMILES string of the molecule is CN1CCN(C)C(CNC(=O)CCc2ccccc2N)C1. The van der Waals surface area contributed by atoms with Crippen LogP contribution in [0.25, 0.3) is 0 Å². The number of nitrogen functional groups attached to an aromatic ring is 1. The minimum atomic E-state index is 0.0971. The highest BCUT2D eigenvalue weighted by atomic mass is 16.1. The van der Waals surface area contributed by atoms with Crippen LogP contribution in [-0.4, -0.2) is 62.0 Å². The van der Waals surface area contributed by atoms with Gasteiger partial charge in [-0.25, -0.2) is 0 Å². The summed E-state index contributed by atoms with van der Waals surface area (Å²) in [5.74, 6) is 0.0971. The fourth-order valence-corrected chi connectivity index (χ4v) is 2.65. The summed E-state index contributed by atoms with van der Waals surface area (Å²) in [6, 6.07) is 8.12. The van der Waals surface area contributed by atoms with Gasteiger partial charge in [-0.2, -0.15) is 0 Å². The van der Waals surface area contributed by atoms with Crippen LogP contribution in [0.2, 0.25) is 0 Å². The van der Waals surface area contributed by atoms with Crippen molar-refractivity contribution in [2.75, 3.05) is 46.0 Å². The Kier molecular flexibility index (Phi) is 5.59. The molecule has 2 rings (SSSR count). The van der Waals surface area contributed by atoms with Crippen molar-refractivity contribution >= 4 is 11.6 Å². The molecule has 0 aliphatic carbocycles. The lowest BCUT2D eigenvalue weighted by Crippen LogP contribution is -2.54. The second-order valence-corrected chi connectivity index (χ2v) is 5.90. The van der Waals surface area contributed by atoms with Gasteiger partial charge in [-0.05, 0) is 32.1 Å². The first kappa shape index (κ1) is 15.8. The largest absolute Gasteiger partial charge is 0.399 e. The lowest BCUT2D eigenvalue weighted by molar-refractivity contribution is -0.121. The number of hydrogen-bond acceptors (Lipinski definition) is 4. The molecular formula is C16H26N4O. The van der Waals surface area contributed by atoms with Crippen molar-refractivity contribution in [2.24, 2.45) is 0 Å². The number of hydrogen-bond donors (Lipinski definition) is 2. The number of para-hydroxylation sites is 1. The minimum Gasteiger partial charge on any atom is -0.399 e. The monoisotopic (exact) mass is 290 g/mol. The molecular weight excluding hydrogens is 264 g/mol. The molecule has 0 bridgehead atoms. The van der Waals surface area contributed by atoms with E-state index >= 15 is 0 Å². The number of nitrogens with two attached hydrogens (primary N) is 1. The number of aryl methyl sites for hydroxylation is 1. The third-order valence-corrected chi connectivity index (χ3v) is 4.19. The maximum atomic E-state index is 12.0. The Morgan fingerprint density at radius 2 is 2.10 bits per heavy atom.